The predicted octanol–water partition coefficient (Wildman–Crippen LogP) is 3.55. The molecule has 1 rings (SSSR count). The van der Waals surface area contributed by atoms with Crippen LogP contribution in [0.5, 0.6) is 0 Å². The van der Waals surface area contributed by atoms with Crippen molar-refractivity contribution in [2.45, 2.75) is 12.6 Å². The second-order valence-electron chi connectivity index (χ2n) is 2.83. The minimum absolute atomic E-state index is 0.0987. The first kappa shape index (κ1) is 12.3. The van der Waals surface area contributed by atoms with Crippen molar-refractivity contribution in [1.29, 1.82) is 0 Å². The van der Waals surface area contributed by atoms with Crippen LogP contribution in [-0.2, 0) is 6.18 Å². The van der Waals surface area contributed by atoms with Crippen LogP contribution in [0, 0.1) is 10.1 Å². The third-order valence-corrected chi connectivity index (χ3v) is 1.79. The van der Waals surface area contributed by atoms with Gasteiger partial charge in [0, 0.05) is 17.7 Å². The van der Waals surface area contributed by atoms with E-state index in [0.29, 0.717) is 12.1 Å². The normalized spacial score (nSPS) is 11.9. The van der Waals surface area contributed by atoms with Gasteiger partial charge in [0.05, 0.1) is 10.5 Å². The van der Waals surface area contributed by atoms with Gasteiger partial charge in [0.25, 0.3) is 12.1 Å². The van der Waals surface area contributed by atoms with Gasteiger partial charge >= 0.3 is 6.18 Å². The summed E-state index contributed by atoms with van der Waals surface area (Å²) in [7, 11) is 0. The highest BCUT2D eigenvalue weighted by Crippen LogP contribution is 2.38. The lowest BCUT2D eigenvalue weighted by molar-refractivity contribution is -0.385. The smallest absolute Gasteiger partial charge is 0.258 e. The summed E-state index contributed by atoms with van der Waals surface area (Å²) >= 11 is 0. The Labute approximate surface area is 85.6 Å². The lowest BCUT2D eigenvalue weighted by atomic mass is 10.1. The molecule has 8 heteroatoms. The number of hydrogen-bond donors (Lipinski definition) is 0. The van der Waals surface area contributed by atoms with Gasteiger partial charge in [-0.25, -0.2) is 8.78 Å². The maximum Gasteiger partial charge on any atom is 0.417 e. The first-order valence-electron chi connectivity index (χ1n) is 3.87. The van der Waals surface area contributed by atoms with E-state index < -0.39 is 34.3 Å². The Kier molecular flexibility index (Phi) is 3.11. The van der Waals surface area contributed by atoms with Gasteiger partial charge in [-0.3, -0.25) is 10.1 Å². The van der Waals surface area contributed by atoms with Crippen LogP contribution in [0.15, 0.2) is 18.2 Å². The van der Waals surface area contributed by atoms with Crippen molar-refractivity contribution >= 4 is 5.69 Å². The molecule has 0 aromatic heterocycles. The Morgan fingerprint density at radius 3 is 2.19 bits per heavy atom. The van der Waals surface area contributed by atoms with Crippen molar-refractivity contribution in [3.05, 3.63) is 39.4 Å². The molecule has 0 aliphatic carbocycles. The number of alkyl halides is 5. The Hall–Kier alpha value is -1.73. The molecule has 0 aliphatic heterocycles. The van der Waals surface area contributed by atoms with Gasteiger partial charge < -0.3 is 0 Å². The molecule has 0 amide bonds. The average molecular weight is 241 g/mol. The van der Waals surface area contributed by atoms with Gasteiger partial charge in [0.15, 0.2) is 0 Å². The molecule has 0 bridgehead atoms. The SMILES string of the molecule is O=[N+]([O-])c1ccc(C(F)F)c(C(F)(F)F)c1. The number of non-ortho nitro benzene ring substituents is 1. The Morgan fingerprint density at radius 1 is 1.25 bits per heavy atom. The van der Waals surface area contributed by atoms with E-state index in [0.717, 1.165) is 0 Å². The molecule has 0 radical (unpaired) electrons. The molecule has 3 nitrogen and oxygen atoms in total. The van der Waals surface area contributed by atoms with Crippen molar-refractivity contribution in [1.82, 2.24) is 0 Å². The first-order valence-corrected chi connectivity index (χ1v) is 3.87. The van der Waals surface area contributed by atoms with Crippen LogP contribution < -0.4 is 0 Å². The fraction of sp³-hybridized carbons (Fsp3) is 0.250. The number of nitro benzene ring substituents is 1. The summed E-state index contributed by atoms with van der Waals surface area (Å²) in [6.45, 7) is 0. The number of nitrogens with zero attached hydrogens (tertiary/aromatic N) is 1. The Balaban J connectivity index is 3.39. The summed E-state index contributed by atoms with van der Waals surface area (Å²) < 4.78 is 61.3. The van der Waals surface area contributed by atoms with Crippen molar-refractivity contribution in [2.24, 2.45) is 0 Å². The molecule has 16 heavy (non-hydrogen) atoms. The molecule has 0 unspecified atom stereocenters. The zero-order valence-electron chi connectivity index (χ0n) is 7.46. The van der Waals surface area contributed by atoms with Crippen molar-refractivity contribution in [2.75, 3.05) is 0 Å². The minimum atomic E-state index is -5.04. The van der Waals surface area contributed by atoms with Gasteiger partial charge in [-0.15, -0.1) is 0 Å². The van der Waals surface area contributed by atoms with Crippen molar-refractivity contribution in [3.63, 3.8) is 0 Å². The van der Waals surface area contributed by atoms with E-state index in [1.165, 1.54) is 0 Å². The maximum absolute atomic E-state index is 12.3. The highest BCUT2D eigenvalue weighted by molar-refractivity contribution is 5.41. The van der Waals surface area contributed by atoms with E-state index in [4.69, 9.17) is 0 Å². The highest BCUT2D eigenvalue weighted by Gasteiger charge is 2.37. The molecule has 0 N–H and O–H groups in total. The third kappa shape index (κ3) is 2.44. The number of hydrogen-bond acceptors (Lipinski definition) is 2. The zero-order chi connectivity index (χ0) is 12.5. The Bertz CT molecular complexity index is 415. The number of nitro groups is 1. The van der Waals surface area contributed by atoms with Crippen LogP contribution in [0.2, 0.25) is 0 Å². The molecule has 0 saturated heterocycles. The summed E-state index contributed by atoms with van der Waals surface area (Å²) in [4.78, 5) is 9.13. The molecule has 1 aromatic rings. The molecule has 88 valence electrons. The molecule has 0 aliphatic rings. The van der Waals surface area contributed by atoms with Crippen LogP contribution in [0.3, 0.4) is 0 Å². The van der Waals surface area contributed by atoms with E-state index in [1.54, 1.807) is 0 Å². The summed E-state index contributed by atoms with van der Waals surface area (Å²) in [5.74, 6) is 0. The molecular formula is C8H4F5NO2. The number of rotatable bonds is 2. The van der Waals surface area contributed by atoms with Gasteiger partial charge in [0.2, 0.25) is 0 Å². The predicted molar refractivity (Wildman–Crippen MR) is 43.1 cm³/mol. The quantitative estimate of drug-likeness (QED) is 0.451. The second kappa shape index (κ2) is 4.03. The zero-order valence-corrected chi connectivity index (χ0v) is 7.46. The van der Waals surface area contributed by atoms with Crippen molar-refractivity contribution in [3.8, 4) is 0 Å². The van der Waals surface area contributed by atoms with Gasteiger partial charge in [-0.2, -0.15) is 13.2 Å². The van der Waals surface area contributed by atoms with Gasteiger partial charge in [0.1, 0.15) is 0 Å². The van der Waals surface area contributed by atoms with Crippen LogP contribution in [0.1, 0.15) is 17.6 Å². The summed E-state index contributed by atoms with van der Waals surface area (Å²) in [5.41, 5.74) is -3.83. The van der Waals surface area contributed by atoms with E-state index in [2.05, 4.69) is 0 Å². The minimum Gasteiger partial charge on any atom is -0.258 e. The van der Waals surface area contributed by atoms with Gasteiger partial charge in [-0.05, 0) is 6.07 Å². The average Bonchev–Trinajstić information content (AvgIpc) is 2.15. The van der Waals surface area contributed by atoms with E-state index in [1.807, 2.05) is 0 Å². The topological polar surface area (TPSA) is 43.1 Å². The highest BCUT2D eigenvalue weighted by atomic mass is 19.4. The fourth-order valence-electron chi connectivity index (χ4n) is 1.09. The molecule has 0 fully saturated rings. The monoisotopic (exact) mass is 241 g/mol. The summed E-state index contributed by atoms with van der Waals surface area (Å²) in [6.07, 6.45) is -8.38. The molecule has 0 saturated carbocycles. The van der Waals surface area contributed by atoms with E-state index >= 15 is 0 Å². The first-order chi connectivity index (χ1) is 7.23. The Morgan fingerprint density at radius 2 is 1.81 bits per heavy atom. The largest absolute Gasteiger partial charge is 0.417 e. The standard InChI is InChI=1S/C8H4F5NO2/c9-7(10)5-2-1-4(14(15)16)3-6(5)8(11,12)13/h1-3,7H. The maximum atomic E-state index is 12.3. The molecular weight excluding hydrogens is 237 g/mol. The second-order valence-corrected chi connectivity index (χ2v) is 2.83. The van der Waals surface area contributed by atoms with E-state index in [-0.39, 0.29) is 6.07 Å². The fourth-order valence-corrected chi connectivity index (χ4v) is 1.09. The van der Waals surface area contributed by atoms with Crippen LogP contribution >= 0.6 is 0 Å². The summed E-state index contributed by atoms with van der Waals surface area (Å²) in [5, 5.41) is 10.2. The summed E-state index contributed by atoms with van der Waals surface area (Å²) in [6, 6.07) is 1.11. The van der Waals surface area contributed by atoms with Crippen molar-refractivity contribution < 1.29 is 26.9 Å². The van der Waals surface area contributed by atoms with Crippen LogP contribution in [0.4, 0.5) is 27.6 Å². The van der Waals surface area contributed by atoms with Gasteiger partial charge in [-0.1, -0.05) is 0 Å². The van der Waals surface area contributed by atoms with Crippen LogP contribution in [-0.4, -0.2) is 4.92 Å². The lowest BCUT2D eigenvalue weighted by Crippen LogP contribution is -2.10. The lowest BCUT2D eigenvalue weighted by Gasteiger charge is -2.11. The number of benzene rings is 1. The third-order valence-electron chi connectivity index (χ3n) is 1.79. The molecule has 0 heterocycles. The molecule has 0 spiro atoms. The number of halogens is 5. The van der Waals surface area contributed by atoms with Crippen LogP contribution in [0.25, 0.3) is 0 Å². The molecule has 1 aromatic carbocycles. The molecule has 0 atom stereocenters. The van der Waals surface area contributed by atoms with E-state index in [9.17, 15) is 32.1 Å².